The molecule has 0 spiro atoms. The number of nitrogens with zero attached hydrogens (tertiary/aromatic N) is 1. The smallest absolute Gasteiger partial charge is 0.123 e. The third kappa shape index (κ3) is 3.45. The fraction of sp³-hybridized carbons (Fsp3) is 0.600. The SMILES string of the molecule is CCCN(CC1CC1)c1ccc(F)cc1CNC. The lowest BCUT2D eigenvalue weighted by atomic mass is 10.1. The molecule has 1 aliphatic carbocycles. The first-order valence-corrected chi connectivity index (χ1v) is 6.92. The molecule has 100 valence electrons. The summed E-state index contributed by atoms with van der Waals surface area (Å²) in [6.07, 6.45) is 3.83. The Bertz CT molecular complexity index is 388. The standard InChI is InChI=1S/C15H23FN2/c1-3-8-18(11-12-4-5-12)15-7-6-14(16)9-13(15)10-17-2/h6-7,9,12,17H,3-5,8,10-11H2,1-2H3. The minimum absolute atomic E-state index is 0.146. The van der Waals surface area contributed by atoms with Gasteiger partial charge in [0.2, 0.25) is 0 Å². The normalized spacial score (nSPS) is 14.8. The molecule has 0 radical (unpaired) electrons. The number of halogens is 1. The number of benzene rings is 1. The third-order valence-corrected chi connectivity index (χ3v) is 3.42. The second-order valence-corrected chi connectivity index (χ2v) is 5.19. The molecule has 1 aliphatic rings. The first kappa shape index (κ1) is 13.3. The van der Waals surface area contributed by atoms with Gasteiger partial charge in [-0.05, 0) is 56.0 Å². The van der Waals surface area contributed by atoms with Crippen LogP contribution in [-0.4, -0.2) is 20.1 Å². The first-order valence-electron chi connectivity index (χ1n) is 6.92. The van der Waals surface area contributed by atoms with Gasteiger partial charge < -0.3 is 10.2 Å². The van der Waals surface area contributed by atoms with Gasteiger partial charge in [0, 0.05) is 25.3 Å². The minimum Gasteiger partial charge on any atom is -0.371 e. The van der Waals surface area contributed by atoms with Gasteiger partial charge in [0.05, 0.1) is 0 Å². The molecule has 1 aromatic carbocycles. The van der Waals surface area contributed by atoms with Crippen LogP contribution >= 0.6 is 0 Å². The highest BCUT2D eigenvalue weighted by atomic mass is 19.1. The van der Waals surface area contributed by atoms with E-state index in [1.807, 2.05) is 13.1 Å². The van der Waals surface area contributed by atoms with Gasteiger partial charge in [-0.25, -0.2) is 4.39 Å². The number of hydrogen-bond acceptors (Lipinski definition) is 2. The zero-order chi connectivity index (χ0) is 13.0. The number of anilines is 1. The van der Waals surface area contributed by atoms with Gasteiger partial charge in [-0.3, -0.25) is 0 Å². The highest BCUT2D eigenvalue weighted by Gasteiger charge is 2.25. The first-order chi connectivity index (χ1) is 8.74. The lowest BCUT2D eigenvalue weighted by Crippen LogP contribution is -2.28. The Morgan fingerprint density at radius 3 is 2.78 bits per heavy atom. The van der Waals surface area contributed by atoms with Crippen molar-refractivity contribution in [2.75, 3.05) is 25.0 Å². The van der Waals surface area contributed by atoms with Crippen LogP contribution in [0.5, 0.6) is 0 Å². The van der Waals surface area contributed by atoms with Gasteiger partial charge in [-0.15, -0.1) is 0 Å². The Kier molecular flexibility index (Phi) is 4.59. The van der Waals surface area contributed by atoms with E-state index < -0.39 is 0 Å². The van der Waals surface area contributed by atoms with Crippen molar-refractivity contribution in [3.05, 3.63) is 29.6 Å². The van der Waals surface area contributed by atoms with Crippen molar-refractivity contribution >= 4 is 5.69 Å². The van der Waals surface area contributed by atoms with Crippen molar-refractivity contribution < 1.29 is 4.39 Å². The fourth-order valence-electron chi connectivity index (χ4n) is 2.39. The summed E-state index contributed by atoms with van der Waals surface area (Å²) < 4.78 is 13.3. The molecular weight excluding hydrogens is 227 g/mol. The highest BCUT2D eigenvalue weighted by Crippen LogP contribution is 2.32. The predicted molar refractivity (Wildman–Crippen MR) is 74.4 cm³/mol. The molecule has 0 aromatic heterocycles. The fourth-order valence-corrected chi connectivity index (χ4v) is 2.39. The molecule has 0 unspecified atom stereocenters. The van der Waals surface area contributed by atoms with E-state index >= 15 is 0 Å². The second kappa shape index (κ2) is 6.19. The van der Waals surface area contributed by atoms with Gasteiger partial charge >= 0.3 is 0 Å². The van der Waals surface area contributed by atoms with E-state index in [0.29, 0.717) is 0 Å². The summed E-state index contributed by atoms with van der Waals surface area (Å²) >= 11 is 0. The van der Waals surface area contributed by atoms with Crippen LogP contribution in [-0.2, 0) is 6.54 Å². The van der Waals surface area contributed by atoms with E-state index in [0.717, 1.165) is 37.5 Å². The molecule has 0 atom stereocenters. The Balaban J connectivity index is 2.20. The Labute approximate surface area is 109 Å². The van der Waals surface area contributed by atoms with E-state index in [9.17, 15) is 4.39 Å². The van der Waals surface area contributed by atoms with Crippen molar-refractivity contribution in [2.24, 2.45) is 5.92 Å². The molecule has 2 nitrogen and oxygen atoms in total. The van der Waals surface area contributed by atoms with Crippen molar-refractivity contribution in [3.63, 3.8) is 0 Å². The maximum Gasteiger partial charge on any atom is 0.123 e. The molecular formula is C15H23FN2. The van der Waals surface area contributed by atoms with Crippen LogP contribution in [0.4, 0.5) is 10.1 Å². The molecule has 1 saturated carbocycles. The quantitative estimate of drug-likeness (QED) is 0.799. The molecule has 1 fully saturated rings. The second-order valence-electron chi connectivity index (χ2n) is 5.19. The zero-order valence-electron chi connectivity index (χ0n) is 11.4. The lowest BCUT2D eigenvalue weighted by molar-refractivity contribution is 0.621. The van der Waals surface area contributed by atoms with Crippen molar-refractivity contribution in [1.82, 2.24) is 5.32 Å². The predicted octanol–water partition coefficient (Wildman–Crippen LogP) is 3.17. The third-order valence-electron chi connectivity index (χ3n) is 3.42. The molecule has 3 heteroatoms. The molecule has 0 aliphatic heterocycles. The Morgan fingerprint density at radius 2 is 2.17 bits per heavy atom. The van der Waals surface area contributed by atoms with Gasteiger partial charge in [-0.1, -0.05) is 6.92 Å². The number of hydrogen-bond donors (Lipinski definition) is 1. The maximum absolute atomic E-state index is 13.3. The Morgan fingerprint density at radius 1 is 1.39 bits per heavy atom. The summed E-state index contributed by atoms with van der Waals surface area (Å²) in [6, 6.07) is 5.16. The topological polar surface area (TPSA) is 15.3 Å². The van der Waals surface area contributed by atoms with Crippen LogP contribution in [0.3, 0.4) is 0 Å². The molecule has 1 aromatic rings. The summed E-state index contributed by atoms with van der Waals surface area (Å²) in [5.74, 6) is 0.705. The van der Waals surface area contributed by atoms with E-state index in [2.05, 4.69) is 17.1 Å². The average Bonchev–Trinajstić information content (AvgIpc) is 3.13. The van der Waals surface area contributed by atoms with Crippen LogP contribution in [0.2, 0.25) is 0 Å². The minimum atomic E-state index is -0.146. The maximum atomic E-state index is 13.3. The van der Waals surface area contributed by atoms with Crippen molar-refractivity contribution in [3.8, 4) is 0 Å². The molecule has 0 heterocycles. The van der Waals surface area contributed by atoms with Crippen molar-refractivity contribution in [2.45, 2.75) is 32.7 Å². The van der Waals surface area contributed by atoms with E-state index in [4.69, 9.17) is 0 Å². The molecule has 0 saturated heterocycles. The summed E-state index contributed by atoms with van der Waals surface area (Å²) in [5, 5.41) is 3.12. The summed E-state index contributed by atoms with van der Waals surface area (Å²) in [5.41, 5.74) is 2.26. The summed E-state index contributed by atoms with van der Waals surface area (Å²) in [7, 11) is 1.90. The molecule has 18 heavy (non-hydrogen) atoms. The van der Waals surface area contributed by atoms with E-state index in [-0.39, 0.29) is 5.82 Å². The average molecular weight is 250 g/mol. The largest absolute Gasteiger partial charge is 0.371 e. The number of nitrogens with one attached hydrogen (secondary N) is 1. The molecule has 0 bridgehead atoms. The van der Waals surface area contributed by atoms with Gasteiger partial charge in [0.1, 0.15) is 5.82 Å². The molecule has 2 rings (SSSR count). The number of rotatable bonds is 7. The summed E-state index contributed by atoms with van der Waals surface area (Å²) in [6.45, 7) is 5.09. The molecule has 0 amide bonds. The molecule has 1 N–H and O–H groups in total. The van der Waals surface area contributed by atoms with Crippen LogP contribution in [0.25, 0.3) is 0 Å². The lowest BCUT2D eigenvalue weighted by Gasteiger charge is -2.27. The van der Waals surface area contributed by atoms with Crippen LogP contribution in [0, 0.1) is 11.7 Å². The van der Waals surface area contributed by atoms with E-state index in [1.54, 1.807) is 12.1 Å². The van der Waals surface area contributed by atoms with Crippen LogP contribution < -0.4 is 10.2 Å². The monoisotopic (exact) mass is 250 g/mol. The van der Waals surface area contributed by atoms with Crippen LogP contribution in [0.15, 0.2) is 18.2 Å². The highest BCUT2D eigenvalue weighted by molar-refractivity contribution is 5.54. The van der Waals surface area contributed by atoms with Crippen molar-refractivity contribution in [1.29, 1.82) is 0 Å². The summed E-state index contributed by atoms with van der Waals surface area (Å²) in [4.78, 5) is 2.42. The Hall–Kier alpha value is -1.09. The zero-order valence-corrected chi connectivity index (χ0v) is 11.4. The van der Waals surface area contributed by atoms with Crippen LogP contribution in [0.1, 0.15) is 31.7 Å². The van der Waals surface area contributed by atoms with E-state index in [1.165, 1.54) is 18.5 Å². The van der Waals surface area contributed by atoms with Gasteiger partial charge in [0.25, 0.3) is 0 Å². The van der Waals surface area contributed by atoms with Gasteiger partial charge in [-0.2, -0.15) is 0 Å². The van der Waals surface area contributed by atoms with Gasteiger partial charge in [0.15, 0.2) is 0 Å².